The van der Waals surface area contributed by atoms with Crippen LogP contribution in [0.25, 0.3) is 0 Å². The van der Waals surface area contributed by atoms with Crippen molar-refractivity contribution in [3.63, 3.8) is 0 Å². The molecule has 0 aromatic heterocycles. The van der Waals surface area contributed by atoms with Gasteiger partial charge in [0.2, 0.25) is 0 Å². The van der Waals surface area contributed by atoms with Crippen LogP contribution in [0.5, 0.6) is 5.75 Å². The smallest absolute Gasteiger partial charge is 0.406 e. The minimum absolute atomic E-state index is 0.127. The van der Waals surface area contributed by atoms with Crippen LogP contribution in [0.3, 0.4) is 0 Å². The van der Waals surface area contributed by atoms with E-state index in [1.807, 2.05) is 0 Å². The van der Waals surface area contributed by atoms with Crippen LogP contribution in [-0.2, 0) is 0 Å². The Labute approximate surface area is 168 Å². The van der Waals surface area contributed by atoms with Gasteiger partial charge >= 0.3 is 6.36 Å². The van der Waals surface area contributed by atoms with Gasteiger partial charge in [-0.05, 0) is 61.1 Å². The standard InChI is InChI=1S/C24H35F3O/c25-24(26,27)28-23-17-15-22(16-18-23)21-13-11-20(12-14-21)8-4-2-1-3-7-19-9-5-6-10-19/h15-21H,1-14H2. The molecule has 3 rings (SSSR count). The molecule has 1 aromatic rings. The summed E-state index contributed by atoms with van der Waals surface area (Å²) in [6, 6.07) is 6.49. The Morgan fingerprint density at radius 1 is 0.714 bits per heavy atom. The lowest BCUT2D eigenvalue weighted by atomic mass is 9.77. The van der Waals surface area contributed by atoms with E-state index in [1.54, 1.807) is 12.1 Å². The Morgan fingerprint density at radius 2 is 1.25 bits per heavy atom. The van der Waals surface area contributed by atoms with Gasteiger partial charge in [-0.25, -0.2) is 0 Å². The maximum absolute atomic E-state index is 12.3. The number of ether oxygens (including phenoxy) is 1. The monoisotopic (exact) mass is 396 g/mol. The Kier molecular flexibility index (Phi) is 8.11. The highest BCUT2D eigenvalue weighted by atomic mass is 19.4. The van der Waals surface area contributed by atoms with E-state index < -0.39 is 6.36 Å². The highest BCUT2D eigenvalue weighted by Gasteiger charge is 2.31. The van der Waals surface area contributed by atoms with E-state index in [1.165, 1.54) is 89.2 Å². The molecule has 0 heterocycles. The zero-order valence-electron chi connectivity index (χ0n) is 17.0. The molecule has 0 spiro atoms. The van der Waals surface area contributed by atoms with Gasteiger partial charge in [-0.2, -0.15) is 0 Å². The molecular weight excluding hydrogens is 361 g/mol. The van der Waals surface area contributed by atoms with Crippen molar-refractivity contribution in [1.29, 1.82) is 0 Å². The fraction of sp³-hybridized carbons (Fsp3) is 0.750. The SMILES string of the molecule is FC(F)(F)Oc1ccc(C2CCC(CCCCCCC3CCCC3)CC2)cc1. The van der Waals surface area contributed by atoms with Gasteiger partial charge in [0, 0.05) is 0 Å². The summed E-state index contributed by atoms with van der Waals surface area (Å²) in [4.78, 5) is 0. The van der Waals surface area contributed by atoms with Gasteiger partial charge in [0.15, 0.2) is 0 Å². The molecule has 158 valence electrons. The van der Waals surface area contributed by atoms with Gasteiger partial charge in [-0.3, -0.25) is 0 Å². The number of rotatable bonds is 9. The predicted octanol–water partition coefficient (Wildman–Crippen LogP) is 8.39. The van der Waals surface area contributed by atoms with E-state index in [2.05, 4.69) is 4.74 Å². The van der Waals surface area contributed by atoms with Crippen molar-refractivity contribution in [2.24, 2.45) is 11.8 Å². The first kappa shape index (κ1) is 21.5. The van der Waals surface area contributed by atoms with Gasteiger partial charge < -0.3 is 4.74 Å². The Bertz CT molecular complexity index is 552. The molecule has 1 nitrogen and oxygen atoms in total. The Balaban J connectivity index is 1.28. The zero-order chi connectivity index (χ0) is 19.8. The average molecular weight is 397 g/mol. The summed E-state index contributed by atoms with van der Waals surface area (Å²) in [5, 5.41) is 0. The van der Waals surface area contributed by atoms with Crippen molar-refractivity contribution in [2.45, 2.75) is 102 Å². The van der Waals surface area contributed by atoms with Gasteiger partial charge in [0.05, 0.1) is 0 Å². The third-order valence-electron chi connectivity index (χ3n) is 6.88. The van der Waals surface area contributed by atoms with Gasteiger partial charge in [-0.15, -0.1) is 13.2 Å². The summed E-state index contributed by atoms with van der Waals surface area (Å²) in [6.45, 7) is 0. The predicted molar refractivity (Wildman–Crippen MR) is 107 cm³/mol. The Hall–Kier alpha value is -1.19. The minimum Gasteiger partial charge on any atom is -0.406 e. The number of benzene rings is 1. The lowest BCUT2D eigenvalue weighted by Gasteiger charge is -2.29. The lowest BCUT2D eigenvalue weighted by Crippen LogP contribution is -2.17. The first-order valence-corrected chi connectivity index (χ1v) is 11.4. The second-order valence-corrected chi connectivity index (χ2v) is 8.98. The molecule has 0 radical (unpaired) electrons. The van der Waals surface area contributed by atoms with Crippen molar-refractivity contribution in [1.82, 2.24) is 0 Å². The molecule has 2 aliphatic rings. The van der Waals surface area contributed by atoms with Crippen LogP contribution in [0.2, 0.25) is 0 Å². The van der Waals surface area contributed by atoms with E-state index in [9.17, 15) is 13.2 Å². The van der Waals surface area contributed by atoms with Gasteiger partial charge in [-0.1, -0.05) is 76.3 Å². The third kappa shape index (κ3) is 7.33. The van der Waals surface area contributed by atoms with Crippen LogP contribution in [-0.4, -0.2) is 6.36 Å². The van der Waals surface area contributed by atoms with Crippen molar-refractivity contribution in [2.75, 3.05) is 0 Å². The molecule has 0 amide bonds. The molecule has 2 saturated carbocycles. The molecule has 0 bridgehead atoms. The molecule has 0 aliphatic heterocycles. The maximum atomic E-state index is 12.3. The van der Waals surface area contributed by atoms with Crippen molar-refractivity contribution in [3.05, 3.63) is 29.8 Å². The van der Waals surface area contributed by atoms with Gasteiger partial charge in [0.25, 0.3) is 0 Å². The normalized spacial score (nSPS) is 23.8. The lowest BCUT2D eigenvalue weighted by molar-refractivity contribution is -0.274. The summed E-state index contributed by atoms with van der Waals surface area (Å²) in [5.41, 5.74) is 1.15. The van der Waals surface area contributed by atoms with Crippen molar-refractivity contribution in [3.8, 4) is 5.75 Å². The average Bonchev–Trinajstić information content (AvgIpc) is 3.18. The first-order valence-electron chi connectivity index (χ1n) is 11.4. The summed E-state index contributed by atoms with van der Waals surface area (Å²) >= 11 is 0. The van der Waals surface area contributed by atoms with Crippen LogP contribution >= 0.6 is 0 Å². The number of hydrogen-bond donors (Lipinski definition) is 0. The quantitative estimate of drug-likeness (QED) is 0.381. The first-order chi connectivity index (χ1) is 13.5. The fourth-order valence-electron chi connectivity index (χ4n) is 5.24. The second-order valence-electron chi connectivity index (χ2n) is 8.98. The molecule has 2 fully saturated rings. The second kappa shape index (κ2) is 10.5. The number of unbranched alkanes of at least 4 members (excludes halogenated alkanes) is 3. The van der Waals surface area contributed by atoms with E-state index in [4.69, 9.17) is 0 Å². The number of halogens is 3. The highest BCUT2D eigenvalue weighted by molar-refractivity contribution is 5.29. The molecule has 4 heteroatoms. The third-order valence-corrected chi connectivity index (χ3v) is 6.88. The zero-order valence-corrected chi connectivity index (χ0v) is 17.0. The van der Waals surface area contributed by atoms with Crippen LogP contribution in [0.1, 0.15) is 101 Å². The Morgan fingerprint density at radius 3 is 1.79 bits per heavy atom. The van der Waals surface area contributed by atoms with E-state index in [-0.39, 0.29) is 5.75 Å². The van der Waals surface area contributed by atoms with Gasteiger partial charge in [0.1, 0.15) is 5.75 Å². The van der Waals surface area contributed by atoms with E-state index in [0.29, 0.717) is 5.92 Å². The summed E-state index contributed by atoms with van der Waals surface area (Å²) in [5.74, 6) is 2.24. The minimum atomic E-state index is -4.62. The van der Waals surface area contributed by atoms with Crippen LogP contribution in [0.15, 0.2) is 24.3 Å². The van der Waals surface area contributed by atoms with E-state index in [0.717, 1.165) is 30.2 Å². The van der Waals surface area contributed by atoms with Crippen LogP contribution < -0.4 is 4.74 Å². The van der Waals surface area contributed by atoms with Crippen LogP contribution in [0, 0.1) is 11.8 Å². The summed E-state index contributed by atoms with van der Waals surface area (Å²) < 4.78 is 40.7. The largest absolute Gasteiger partial charge is 0.573 e. The molecule has 0 atom stereocenters. The molecule has 28 heavy (non-hydrogen) atoms. The van der Waals surface area contributed by atoms with Crippen molar-refractivity contribution >= 4 is 0 Å². The van der Waals surface area contributed by atoms with Crippen molar-refractivity contribution < 1.29 is 17.9 Å². The molecule has 2 aliphatic carbocycles. The van der Waals surface area contributed by atoms with E-state index >= 15 is 0 Å². The van der Waals surface area contributed by atoms with Crippen LogP contribution in [0.4, 0.5) is 13.2 Å². The molecule has 0 N–H and O–H groups in total. The summed E-state index contributed by atoms with van der Waals surface area (Å²) in [6.07, 6.45) is 14.5. The molecule has 0 saturated heterocycles. The fourth-order valence-corrected chi connectivity index (χ4v) is 5.24. The molecular formula is C24H35F3O. The number of alkyl halides is 3. The maximum Gasteiger partial charge on any atom is 0.573 e. The topological polar surface area (TPSA) is 9.23 Å². The summed E-state index contributed by atoms with van der Waals surface area (Å²) in [7, 11) is 0. The molecule has 0 unspecified atom stereocenters. The number of hydrogen-bond acceptors (Lipinski definition) is 1. The molecule has 1 aromatic carbocycles. The highest BCUT2D eigenvalue weighted by Crippen LogP contribution is 2.38.